The van der Waals surface area contributed by atoms with Crippen LogP contribution in [-0.2, 0) is 10.0 Å². The van der Waals surface area contributed by atoms with Crippen LogP contribution in [0.3, 0.4) is 0 Å². The predicted molar refractivity (Wildman–Crippen MR) is 66.4 cm³/mol. The molecule has 1 saturated carbocycles. The van der Waals surface area contributed by atoms with Crippen LogP contribution in [0.5, 0.6) is 0 Å². The van der Waals surface area contributed by atoms with Crippen molar-refractivity contribution in [2.45, 2.75) is 50.3 Å². The van der Waals surface area contributed by atoms with Crippen molar-refractivity contribution in [2.75, 3.05) is 7.05 Å². The summed E-state index contributed by atoms with van der Waals surface area (Å²) in [6.07, 6.45) is 3.67. The molecular weight excluding hydrogens is 242 g/mol. The summed E-state index contributed by atoms with van der Waals surface area (Å²) in [5.41, 5.74) is 5.39. The molecule has 0 heterocycles. The molecule has 1 aliphatic rings. The Balaban J connectivity index is 2.70. The van der Waals surface area contributed by atoms with E-state index in [2.05, 4.69) is 5.16 Å². The minimum Gasteiger partial charge on any atom is -0.409 e. The normalized spacial score (nSPS) is 21.0. The molecule has 1 fully saturated rings. The molecule has 1 aliphatic carbocycles. The third-order valence-electron chi connectivity index (χ3n) is 3.38. The van der Waals surface area contributed by atoms with Gasteiger partial charge in [0.15, 0.2) is 0 Å². The summed E-state index contributed by atoms with van der Waals surface area (Å²) in [4.78, 5) is 0. The van der Waals surface area contributed by atoms with Crippen molar-refractivity contribution in [3.8, 4) is 0 Å². The Kier molecular flexibility index (Phi) is 4.76. The molecule has 3 N–H and O–H groups in total. The topological polar surface area (TPSA) is 96.0 Å². The second-order valence-corrected chi connectivity index (χ2v) is 6.88. The maximum atomic E-state index is 12.2. The van der Waals surface area contributed by atoms with E-state index in [4.69, 9.17) is 10.9 Å². The molecule has 0 aromatic carbocycles. The summed E-state index contributed by atoms with van der Waals surface area (Å²) in [5, 5.41) is 11.1. The van der Waals surface area contributed by atoms with E-state index in [0.29, 0.717) is 0 Å². The zero-order chi connectivity index (χ0) is 13.1. The molecule has 17 heavy (non-hydrogen) atoms. The van der Waals surface area contributed by atoms with Crippen LogP contribution in [0.25, 0.3) is 0 Å². The van der Waals surface area contributed by atoms with Gasteiger partial charge in [0.2, 0.25) is 10.0 Å². The summed E-state index contributed by atoms with van der Waals surface area (Å²) in [6, 6.07) is -0.295. The molecule has 0 aromatic heterocycles. The van der Waals surface area contributed by atoms with Gasteiger partial charge in [0.1, 0.15) is 5.84 Å². The number of hydrogen-bond donors (Lipinski definition) is 2. The molecule has 0 saturated heterocycles. The number of nitrogens with zero attached hydrogens (tertiary/aromatic N) is 2. The van der Waals surface area contributed by atoms with Crippen LogP contribution in [0.4, 0.5) is 0 Å². The highest BCUT2D eigenvalue weighted by molar-refractivity contribution is 7.89. The second-order valence-electron chi connectivity index (χ2n) is 4.61. The van der Waals surface area contributed by atoms with Crippen LogP contribution >= 0.6 is 0 Å². The van der Waals surface area contributed by atoms with Gasteiger partial charge in [-0.05, 0) is 19.8 Å². The third kappa shape index (κ3) is 3.32. The van der Waals surface area contributed by atoms with Crippen molar-refractivity contribution < 1.29 is 13.6 Å². The first-order valence-corrected chi connectivity index (χ1v) is 7.33. The molecule has 100 valence electrons. The molecule has 0 spiro atoms. The summed E-state index contributed by atoms with van der Waals surface area (Å²) in [6.45, 7) is 1.75. The molecule has 0 aromatic rings. The SMILES string of the molecule is CC(CC(N)=NO)N(C)S(=O)(=O)C1CCCC1. The standard InChI is InChI=1S/C10H21N3O3S/c1-8(7-10(11)12-14)13(2)17(15,16)9-5-3-4-6-9/h8-9,14H,3-7H2,1-2H3,(H2,11,12). The fraction of sp³-hybridized carbons (Fsp3) is 0.900. The molecule has 0 bridgehead atoms. The predicted octanol–water partition coefficient (Wildman–Crippen LogP) is 0.716. The Morgan fingerprint density at radius 2 is 2.06 bits per heavy atom. The van der Waals surface area contributed by atoms with Gasteiger partial charge in [0, 0.05) is 19.5 Å². The number of amidine groups is 1. The molecule has 7 heteroatoms. The Labute approximate surface area is 103 Å². The van der Waals surface area contributed by atoms with E-state index in [0.717, 1.165) is 25.7 Å². The number of sulfonamides is 1. The lowest BCUT2D eigenvalue weighted by Gasteiger charge is -2.26. The zero-order valence-corrected chi connectivity index (χ0v) is 11.2. The molecule has 1 unspecified atom stereocenters. The minimum atomic E-state index is -3.25. The maximum Gasteiger partial charge on any atom is 0.216 e. The molecule has 0 aliphatic heterocycles. The van der Waals surface area contributed by atoms with Crippen LogP contribution in [0.1, 0.15) is 39.0 Å². The van der Waals surface area contributed by atoms with Gasteiger partial charge in [-0.2, -0.15) is 0 Å². The minimum absolute atomic E-state index is 0.0472. The highest BCUT2D eigenvalue weighted by atomic mass is 32.2. The number of rotatable bonds is 5. The van der Waals surface area contributed by atoms with Crippen LogP contribution in [-0.4, -0.2) is 42.1 Å². The van der Waals surface area contributed by atoms with Crippen molar-refractivity contribution in [3.05, 3.63) is 0 Å². The average Bonchev–Trinajstić information content (AvgIpc) is 2.81. The first kappa shape index (κ1) is 14.2. The molecule has 1 atom stereocenters. The van der Waals surface area contributed by atoms with Gasteiger partial charge in [-0.3, -0.25) is 0 Å². The van der Waals surface area contributed by atoms with E-state index >= 15 is 0 Å². The Morgan fingerprint density at radius 3 is 2.53 bits per heavy atom. The van der Waals surface area contributed by atoms with Gasteiger partial charge < -0.3 is 10.9 Å². The van der Waals surface area contributed by atoms with Gasteiger partial charge in [-0.15, -0.1) is 0 Å². The van der Waals surface area contributed by atoms with Crippen LogP contribution in [0, 0.1) is 0 Å². The van der Waals surface area contributed by atoms with Crippen LogP contribution < -0.4 is 5.73 Å². The monoisotopic (exact) mass is 263 g/mol. The van der Waals surface area contributed by atoms with E-state index in [1.54, 1.807) is 14.0 Å². The average molecular weight is 263 g/mol. The Morgan fingerprint density at radius 1 is 1.53 bits per heavy atom. The zero-order valence-electron chi connectivity index (χ0n) is 10.3. The van der Waals surface area contributed by atoms with Crippen molar-refractivity contribution in [2.24, 2.45) is 10.9 Å². The summed E-state index contributed by atoms with van der Waals surface area (Å²) in [7, 11) is -1.69. The summed E-state index contributed by atoms with van der Waals surface area (Å²) in [5.74, 6) is 0.0472. The molecule has 6 nitrogen and oxygen atoms in total. The van der Waals surface area contributed by atoms with Gasteiger partial charge in [0.05, 0.1) is 5.25 Å². The smallest absolute Gasteiger partial charge is 0.216 e. The summed E-state index contributed by atoms with van der Waals surface area (Å²) < 4.78 is 25.8. The van der Waals surface area contributed by atoms with Crippen LogP contribution in [0.2, 0.25) is 0 Å². The van der Waals surface area contributed by atoms with Crippen molar-refractivity contribution in [3.63, 3.8) is 0 Å². The first-order chi connectivity index (χ1) is 7.89. The summed E-state index contributed by atoms with van der Waals surface area (Å²) >= 11 is 0. The lowest BCUT2D eigenvalue weighted by Crippen LogP contribution is -2.42. The van der Waals surface area contributed by atoms with E-state index in [1.165, 1.54) is 4.31 Å². The lowest BCUT2D eigenvalue weighted by atomic mass is 10.2. The van der Waals surface area contributed by atoms with Gasteiger partial charge in [-0.25, -0.2) is 12.7 Å². The van der Waals surface area contributed by atoms with Gasteiger partial charge in [0.25, 0.3) is 0 Å². The van der Waals surface area contributed by atoms with Gasteiger partial charge >= 0.3 is 0 Å². The Hall–Kier alpha value is -0.820. The quantitative estimate of drug-likeness (QED) is 0.330. The molecule has 0 amide bonds. The van der Waals surface area contributed by atoms with Crippen molar-refractivity contribution in [1.82, 2.24) is 4.31 Å². The number of oxime groups is 1. The van der Waals surface area contributed by atoms with Crippen molar-refractivity contribution >= 4 is 15.9 Å². The van der Waals surface area contributed by atoms with E-state index in [9.17, 15) is 8.42 Å². The van der Waals surface area contributed by atoms with Gasteiger partial charge in [-0.1, -0.05) is 18.0 Å². The van der Waals surface area contributed by atoms with E-state index < -0.39 is 10.0 Å². The first-order valence-electron chi connectivity index (χ1n) is 5.82. The highest BCUT2D eigenvalue weighted by Crippen LogP contribution is 2.27. The third-order valence-corrected chi connectivity index (χ3v) is 5.86. The largest absolute Gasteiger partial charge is 0.409 e. The van der Waals surface area contributed by atoms with Crippen molar-refractivity contribution in [1.29, 1.82) is 0 Å². The Bertz CT molecular complexity index is 374. The van der Waals surface area contributed by atoms with Crippen LogP contribution in [0.15, 0.2) is 5.16 Å². The maximum absolute atomic E-state index is 12.2. The molecule has 0 radical (unpaired) electrons. The van der Waals surface area contributed by atoms with E-state index in [1.807, 2.05) is 0 Å². The van der Waals surface area contributed by atoms with E-state index in [-0.39, 0.29) is 23.5 Å². The number of nitrogens with two attached hydrogens (primary N) is 1. The molecule has 1 rings (SSSR count). The number of hydrogen-bond acceptors (Lipinski definition) is 4. The fourth-order valence-corrected chi connectivity index (χ4v) is 4.12. The molecular formula is C10H21N3O3S. The lowest BCUT2D eigenvalue weighted by molar-refractivity contribution is 0.313. The fourth-order valence-electron chi connectivity index (χ4n) is 2.14. The second kappa shape index (κ2) is 5.68. The highest BCUT2D eigenvalue weighted by Gasteiger charge is 2.34.